The molecule has 0 bridgehead atoms. The van der Waals surface area contributed by atoms with E-state index in [4.69, 9.17) is 0 Å². The molecule has 1 amide bonds. The highest BCUT2D eigenvalue weighted by Gasteiger charge is 2.14. The minimum absolute atomic E-state index is 0. The molecule has 0 fully saturated rings. The van der Waals surface area contributed by atoms with Crippen LogP contribution in [0.4, 0.5) is 0 Å². The zero-order valence-corrected chi connectivity index (χ0v) is 19.5. The number of amides is 1. The molecular weight excluding hydrogens is 429 g/mol. The molecule has 25 heavy (non-hydrogen) atoms. The van der Waals surface area contributed by atoms with Gasteiger partial charge in [-0.3, -0.25) is 9.79 Å². The highest BCUT2D eigenvalue weighted by molar-refractivity contribution is 14.0. The van der Waals surface area contributed by atoms with E-state index in [1.807, 2.05) is 30.7 Å². The number of rotatable bonds is 12. The second-order valence-corrected chi connectivity index (χ2v) is 5.89. The third-order valence-electron chi connectivity index (χ3n) is 4.22. The van der Waals surface area contributed by atoms with Crippen molar-refractivity contribution in [1.29, 1.82) is 0 Å². The lowest BCUT2D eigenvalue weighted by molar-refractivity contribution is -0.131. The Hall–Kier alpha value is -0.570. The van der Waals surface area contributed by atoms with Crippen molar-refractivity contribution in [2.24, 2.45) is 4.99 Å². The summed E-state index contributed by atoms with van der Waals surface area (Å²) in [5.41, 5.74) is 0. The van der Waals surface area contributed by atoms with E-state index < -0.39 is 0 Å². The van der Waals surface area contributed by atoms with Crippen LogP contribution in [-0.2, 0) is 4.79 Å². The number of guanidine groups is 1. The molecule has 0 aliphatic carbocycles. The fourth-order valence-electron chi connectivity index (χ4n) is 2.60. The molecule has 0 aliphatic rings. The van der Waals surface area contributed by atoms with E-state index in [-0.39, 0.29) is 29.9 Å². The maximum absolute atomic E-state index is 12.2. The van der Waals surface area contributed by atoms with Gasteiger partial charge < -0.3 is 20.0 Å². The van der Waals surface area contributed by atoms with Crippen LogP contribution < -0.4 is 5.32 Å². The second-order valence-electron chi connectivity index (χ2n) is 5.89. The van der Waals surface area contributed by atoms with Gasteiger partial charge >= 0.3 is 0 Å². The molecule has 0 aliphatic heterocycles. The summed E-state index contributed by atoms with van der Waals surface area (Å²) in [4.78, 5) is 23.1. The van der Waals surface area contributed by atoms with Crippen LogP contribution in [0.2, 0.25) is 0 Å². The summed E-state index contributed by atoms with van der Waals surface area (Å²) in [6.07, 6.45) is 2.23. The molecule has 6 nitrogen and oxygen atoms in total. The Labute approximate surface area is 172 Å². The Balaban J connectivity index is 0. The molecule has 0 aromatic heterocycles. The number of carbonyl (C=O) groups is 1. The topological polar surface area (TPSA) is 51.2 Å². The highest BCUT2D eigenvalue weighted by Crippen LogP contribution is 1.98. The predicted molar refractivity (Wildman–Crippen MR) is 119 cm³/mol. The molecule has 0 aromatic rings. The van der Waals surface area contributed by atoms with Crippen LogP contribution in [0, 0.1) is 0 Å². The second kappa shape index (κ2) is 16.9. The molecule has 7 heteroatoms. The van der Waals surface area contributed by atoms with Crippen molar-refractivity contribution in [2.45, 2.75) is 47.5 Å². The Morgan fingerprint density at radius 1 is 0.960 bits per heavy atom. The first kappa shape index (κ1) is 26.7. The van der Waals surface area contributed by atoms with Crippen LogP contribution in [0.1, 0.15) is 47.5 Å². The smallest absolute Gasteiger partial charge is 0.242 e. The number of nitrogens with zero attached hydrogens (tertiary/aromatic N) is 4. The number of nitrogens with one attached hydrogen (secondary N) is 1. The van der Waals surface area contributed by atoms with Gasteiger partial charge in [-0.15, -0.1) is 24.0 Å². The number of likely N-dealkylation sites (N-methyl/N-ethyl adjacent to an activating group) is 2. The Morgan fingerprint density at radius 3 is 2.04 bits per heavy atom. The normalized spacial score (nSPS) is 11.2. The molecule has 0 unspecified atom stereocenters. The number of unbranched alkanes of at least 4 members (excludes halogenated alkanes) is 1. The fraction of sp³-hybridized carbons (Fsp3) is 0.889. The molecule has 0 radical (unpaired) electrons. The van der Waals surface area contributed by atoms with E-state index in [2.05, 4.69) is 36.0 Å². The first-order valence-corrected chi connectivity index (χ1v) is 9.53. The Morgan fingerprint density at radius 2 is 1.56 bits per heavy atom. The van der Waals surface area contributed by atoms with Crippen LogP contribution in [0.5, 0.6) is 0 Å². The van der Waals surface area contributed by atoms with Crippen molar-refractivity contribution in [3.05, 3.63) is 0 Å². The van der Waals surface area contributed by atoms with Gasteiger partial charge in [-0.1, -0.05) is 13.8 Å². The molecule has 0 aromatic carbocycles. The lowest BCUT2D eigenvalue weighted by Gasteiger charge is -2.25. The minimum atomic E-state index is 0. The predicted octanol–water partition coefficient (Wildman–Crippen LogP) is 2.49. The van der Waals surface area contributed by atoms with Crippen LogP contribution in [0.3, 0.4) is 0 Å². The summed E-state index contributed by atoms with van der Waals surface area (Å²) >= 11 is 0. The Kier molecular flexibility index (Phi) is 18.0. The van der Waals surface area contributed by atoms with E-state index in [9.17, 15) is 4.79 Å². The van der Waals surface area contributed by atoms with Gasteiger partial charge in [0.2, 0.25) is 5.91 Å². The van der Waals surface area contributed by atoms with E-state index in [1.165, 1.54) is 0 Å². The minimum Gasteiger partial charge on any atom is -0.357 e. The number of hydrogen-bond acceptors (Lipinski definition) is 3. The average molecular weight is 469 g/mol. The first-order chi connectivity index (χ1) is 11.5. The van der Waals surface area contributed by atoms with Gasteiger partial charge in [-0.25, -0.2) is 0 Å². The summed E-state index contributed by atoms with van der Waals surface area (Å²) < 4.78 is 0. The third kappa shape index (κ3) is 11.6. The molecule has 0 heterocycles. The standard InChI is InChI=1S/C18H39N5O.HI/c1-7-19-18(20-14-12-13-15-22(8-2)9-3)21(6)16-17(24)23(10-4)11-5;/h7-16H2,1-6H3,(H,19,20);1H. The Bertz CT molecular complexity index is 357. The number of carbonyl (C=O) groups excluding carboxylic acids is 1. The SMILES string of the molecule is CCNC(=NCCCCN(CC)CC)N(C)CC(=O)N(CC)CC.I. The average Bonchev–Trinajstić information content (AvgIpc) is 2.58. The van der Waals surface area contributed by atoms with E-state index >= 15 is 0 Å². The highest BCUT2D eigenvalue weighted by atomic mass is 127. The van der Waals surface area contributed by atoms with Gasteiger partial charge in [0.25, 0.3) is 0 Å². The van der Waals surface area contributed by atoms with Crippen LogP contribution >= 0.6 is 24.0 Å². The van der Waals surface area contributed by atoms with Crippen LogP contribution in [0.25, 0.3) is 0 Å². The largest absolute Gasteiger partial charge is 0.357 e. The van der Waals surface area contributed by atoms with E-state index in [1.54, 1.807) is 0 Å². The molecule has 1 N–H and O–H groups in total. The summed E-state index contributed by atoms with van der Waals surface area (Å²) in [5.74, 6) is 0.968. The fourth-order valence-corrected chi connectivity index (χ4v) is 2.60. The summed E-state index contributed by atoms with van der Waals surface area (Å²) in [6.45, 7) is 17.3. The van der Waals surface area contributed by atoms with E-state index in [0.717, 1.165) is 64.6 Å². The van der Waals surface area contributed by atoms with Crippen molar-refractivity contribution in [2.75, 3.05) is 59.4 Å². The van der Waals surface area contributed by atoms with Gasteiger partial charge in [0, 0.05) is 33.2 Å². The number of aliphatic imine (C=N–C) groups is 1. The van der Waals surface area contributed by atoms with Gasteiger partial charge in [0.1, 0.15) is 0 Å². The zero-order valence-electron chi connectivity index (χ0n) is 17.2. The molecule has 0 spiro atoms. The third-order valence-corrected chi connectivity index (χ3v) is 4.22. The summed E-state index contributed by atoms with van der Waals surface area (Å²) in [7, 11) is 1.93. The molecule has 0 saturated heterocycles. The van der Waals surface area contributed by atoms with Crippen LogP contribution in [0.15, 0.2) is 4.99 Å². The van der Waals surface area contributed by atoms with Gasteiger partial charge in [0.05, 0.1) is 6.54 Å². The van der Waals surface area contributed by atoms with E-state index in [0.29, 0.717) is 6.54 Å². The van der Waals surface area contributed by atoms with Gasteiger partial charge in [0.15, 0.2) is 5.96 Å². The molecule has 0 rings (SSSR count). The number of hydrogen-bond donors (Lipinski definition) is 1. The van der Waals surface area contributed by atoms with Gasteiger partial charge in [-0.2, -0.15) is 0 Å². The quantitative estimate of drug-likeness (QED) is 0.207. The van der Waals surface area contributed by atoms with Crippen molar-refractivity contribution in [3.63, 3.8) is 0 Å². The summed E-state index contributed by atoms with van der Waals surface area (Å²) in [5, 5.41) is 3.28. The molecule has 150 valence electrons. The maximum Gasteiger partial charge on any atom is 0.242 e. The van der Waals surface area contributed by atoms with Gasteiger partial charge in [-0.05, 0) is 53.2 Å². The molecular formula is C18H40IN5O. The van der Waals surface area contributed by atoms with Crippen molar-refractivity contribution >= 4 is 35.8 Å². The van der Waals surface area contributed by atoms with Crippen molar-refractivity contribution in [3.8, 4) is 0 Å². The zero-order chi connectivity index (χ0) is 18.4. The first-order valence-electron chi connectivity index (χ1n) is 9.53. The maximum atomic E-state index is 12.2. The lowest BCUT2D eigenvalue weighted by Crippen LogP contribution is -2.45. The molecule has 0 atom stereocenters. The number of halogens is 1. The van der Waals surface area contributed by atoms with Crippen LogP contribution in [-0.4, -0.2) is 86.0 Å². The van der Waals surface area contributed by atoms with Crippen molar-refractivity contribution in [1.82, 2.24) is 20.0 Å². The van der Waals surface area contributed by atoms with Crippen molar-refractivity contribution < 1.29 is 4.79 Å². The molecule has 0 saturated carbocycles. The lowest BCUT2D eigenvalue weighted by atomic mass is 10.3. The monoisotopic (exact) mass is 469 g/mol. The summed E-state index contributed by atoms with van der Waals surface area (Å²) in [6, 6.07) is 0.